The highest BCUT2D eigenvalue weighted by atomic mass is 19.1. The van der Waals surface area contributed by atoms with Crippen molar-refractivity contribution in [2.45, 2.75) is 50.7 Å². The molecule has 3 N–H and O–H groups in total. The van der Waals surface area contributed by atoms with E-state index in [9.17, 15) is 4.39 Å². The van der Waals surface area contributed by atoms with Gasteiger partial charge >= 0.3 is 0 Å². The van der Waals surface area contributed by atoms with Gasteiger partial charge in [-0.05, 0) is 38.6 Å². The van der Waals surface area contributed by atoms with Crippen LogP contribution in [0.4, 0.5) is 4.39 Å². The zero-order valence-electron chi connectivity index (χ0n) is 8.48. The molecule has 0 heterocycles. The predicted octanol–water partition coefficient (Wildman–Crippen LogP) is 1.60. The summed E-state index contributed by atoms with van der Waals surface area (Å²) in [7, 11) is 0. The van der Waals surface area contributed by atoms with Crippen molar-refractivity contribution >= 4 is 0 Å². The molecule has 1 aliphatic carbocycles. The molecule has 3 heteroatoms. The van der Waals surface area contributed by atoms with Crippen LogP contribution in [0.2, 0.25) is 0 Å². The Bertz CT molecular complexity index is 142. The van der Waals surface area contributed by atoms with Crippen LogP contribution in [0.5, 0.6) is 0 Å². The molecule has 0 aliphatic heterocycles. The molecule has 2 nitrogen and oxygen atoms in total. The molecule has 1 rings (SSSR count). The van der Waals surface area contributed by atoms with Crippen LogP contribution in [0.15, 0.2) is 0 Å². The molecule has 0 radical (unpaired) electrons. The fourth-order valence-electron chi connectivity index (χ4n) is 1.82. The summed E-state index contributed by atoms with van der Waals surface area (Å²) in [5.74, 6) is 0. The molecule has 1 fully saturated rings. The van der Waals surface area contributed by atoms with E-state index >= 15 is 0 Å². The minimum atomic E-state index is -0.981. The van der Waals surface area contributed by atoms with Crippen LogP contribution in [-0.4, -0.2) is 24.8 Å². The second-order valence-corrected chi connectivity index (χ2v) is 4.17. The third kappa shape index (κ3) is 3.61. The summed E-state index contributed by atoms with van der Waals surface area (Å²) < 4.78 is 14.0. The number of nitrogens with two attached hydrogens (primary N) is 1. The Morgan fingerprint density at radius 1 is 1.46 bits per heavy atom. The van der Waals surface area contributed by atoms with E-state index in [2.05, 4.69) is 12.2 Å². The van der Waals surface area contributed by atoms with E-state index in [1.807, 2.05) is 0 Å². The molecule has 1 aliphatic rings. The molecule has 13 heavy (non-hydrogen) atoms. The standard InChI is InChI=1S/C10H21FN2/c1-2-7-13-8-10(11)5-3-9(12)4-6-10/h9,13H,2-8,12H2,1H3. The summed E-state index contributed by atoms with van der Waals surface area (Å²) in [6, 6.07) is 0.232. The number of hydrogen-bond acceptors (Lipinski definition) is 2. The highest BCUT2D eigenvalue weighted by Gasteiger charge is 2.33. The first-order valence-electron chi connectivity index (χ1n) is 5.31. The molecule has 0 atom stereocenters. The predicted molar refractivity (Wildman–Crippen MR) is 53.4 cm³/mol. The largest absolute Gasteiger partial charge is 0.328 e. The average molecular weight is 188 g/mol. The lowest BCUT2D eigenvalue weighted by Crippen LogP contribution is -2.43. The van der Waals surface area contributed by atoms with Crippen molar-refractivity contribution in [1.82, 2.24) is 5.32 Å². The van der Waals surface area contributed by atoms with Crippen molar-refractivity contribution in [3.05, 3.63) is 0 Å². The van der Waals surface area contributed by atoms with E-state index in [-0.39, 0.29) is 6.04 Å². The number of hydrogen-bond donors (Lipinski definition) is 2. The van der Waals surface area contributed by atoms with Gasteiger partial charge in [0, 0.05) is 12.6 Å². The van der Waals surface area contributed by atoms with E-state index in [0.29, 0.717) is 19.4 Å². The lowest BCUT2D eigenvalue weighted by molar-refractivity contribution is 0.0981. The first-order chi connectivity index (χ1) is 6.16. The van der Waals surface area contributed by atoms with Crippen LogP contribution in [0, 0.1) is 0 Å². The fourth-order valence-corrected chi connectivity index (χ4v) is 1.82. The molecule has 0 aromatic carbocycles. The van der Waals surface area contributed by atoms with Gasteiger partial charge in [-0.25, -0.2) is 4.39 Å². The van der Waals surface area contributed by atoms with Crippen LogP contribution in [0.1, 0.15) is 39.0 Å². The Kier molecular flexibility index (Phi) is 4.13. The lowest BCUT2D eigenvalue weighted by atomic mass is 9.84. The number of halogens is 1. The number of nitrogens with one attached hydrogen (secondary N) is 1. The summed E-state index contributed by atoms with van der Waals surface area (Å²) in [6.07, 6.45) is 4.00. The third-order valence-corrected chi connectivity index (χ3v) is 2.79. The van der Waals surface area contributed by atoms with Crippen LogP contribution in [0.3, 0.4) is 0 Å². The summed E-state index contributed by atoms with van der Waals surface area (Å²) in [5.41, 5.74) is 4.74. The smallest absolute Gasteiger partial charge is 0.123 e. The summed E-state index contributed by atoms with van der Waals surface area (Å²) in [5, 5.41) is 3.14. The molecule has 0 aromatic heterocycles. The maximum atomic E-state index is 14.0. The van der Waals surface area contributed by atoms with Gasteiger partial charge in [-0.2, -0.15) is 0 Å². The molecule has 0 amide bonds. The molecule has 0 aromatic rings. The fraction of sp³-hybridized carbons (Fsp3) is 1.00. The Morgan fingerprint density at radius 2 is 2.08 bits per heavy atom. The van der Waals surface area contributed by atoms with Crippen LogP contribution >= 0.6 is 0 Å². The second kappa shape index (κ2) is 4.91. The Labute approximate surface area is 80.1 Å². The highest BCUT2D eigenvalue weighted by molar-refractivity contribution is 4.88. The van der Waals surface area contributed by atoms with Gasteiger partial charge in [0.1, 0.15) is 5.67 Å². The van der Waals surface area contributed by atoms with Gasteiger partial charge in [-0.3, -0.25) is 0 Å². The van der Waals surface area contributed by atoms with Crippen molar-refractivity contribution in [2.24, 2.45) is 5.73 Å². The molecular formula is C10H21FN2. The number of alkyl halides is 1. The minimum Gasteiger partial charge on any atom is -0.328 e. The normalized spacial score (nSPS) is 34.8. The van der Waals surface area contributed by atoms with Crippen LogP contribution in [0.25, 0.3) is 0 Å². The third-order valence-electron chi connectivity index (χ3n) is 2.79. The van der Waals surface area contributed by atoms with Crippen molar-refractivity contribution in [3.63, 3.8) is 0 Å². The van der Waals surface area contributed by atoms with Gasteiger partial charge in [-0.15, -0.1) is 0 Å². The minimum absolute atomic E-state index is 0.232. The molecule has 0 spiro atoms. The SMILES string of the molecule is CCCNCC1(F)CCC(N)CC1. The van der Waals surface area contributed by atoms with Gasteiger partial charge in [0.25, 0.3) is 0 Å². The summed E-state index contributed by atoms with van der Waals surface area (Å²) in [4.78, 5) is 0. The summed E-state index contributed by atoms with van der Waals surface area (Å²) >= 11 is 0. The topological polar surface area (TPSA) is 38.0 Å². The quantitative estimate of drug-likeness (QED) is 0.658. The zero-order valence-corrected chi connectivity index (χ0v) is 8.48. The van der Waals surface area contributed by atoms with Crippen LogP contribution in [-0.2, 0) is 0 Å². The average Bonchev–Trinajstić information content (AvgIpc) is 2.12. The molecule has 78 valence electrons. The first-order valence-corrected chi connectivity index (χ1v) is 5.31. The van der Waals surface area contributed by atoms with Gasteiger partial charge in [0.05, 0.1) is 0 Å². The maximum absolute atomic E-state index is 14.0. The van der Waals surface area contributed by atoms with Crippen molar-refractivity contribution in [1.29, 1.82) is 0 Å². The van der Waals surface area contributed by atoms with E-state index in [4.69, 9.17) is 5.73 Å². The van der Waals surface area contributed by atoms with Crippen molar-refractivity contribution in [3.8, 4) is 0 Å². The molecule has 0 bridgehead atoms. The van der Waals surface area contributed by atoms with E-state index in [1.165, 1.54) is 0 Å². The van der Waals surface area contributed by atoms with Gasteiger partial charge in [-0.1, -0.05) is 6.92 Å². The zero-order chi connectivity index (χ0) is 9.73. The van der Waals surface area contributed by atoms with Crippen molar-refractivity contribution in [2.75, 3.05) is 13.1 Å². The molecular weight excluding hydrogens is 167 g/mol. The Balaban J connectivity index is 2.22. The van der Waals surface area contributed by atoms with E-state index in [1.54, 1.807) is 0 Å². The number of rotatable bonds is 4. The first kappa shape index (κ1) is 10.9. The van der Waals surface area contributed by atoms with Crippen molar-refractivity contribution < 1.29 is 4.39 Å². The monoisotopic (exact) mass is 188 g/mol. The van der Waals surface area contributed by atoms with Gasteiger partial charge in [0.15, 0.2) is 0 Å². The Morgan fingerprint density at radius 3 is 2.62 bits per heavy atom. The van der Waals surface area contributed by atoms with Gasteiger partial charge < -0.3 is 11.1 Å². The van der Waals surface area contributed by atoms with E-state index in [0.717, 1.165) is 25.8 Å². The molecule has 1 saturated carbocycles. The maximum Gasteiger partial charge on any atom is 0.123 e. The Hall–Kier alpha value is -0.150. The van der Waals surface area contributed by atoms with Gasteiger partial charge in [0.2, 0.25) is 0 Å². The molecule has 0 unspecified atom stereocenters. The lowest BCUT2D eigenvalue weighted by Gasteiger charge is -2.32. The summed E-state index contributed by atoms with van der Waals surface area (Å²) in [6.45, 7) is 3.51. The van der Waals surface area contributed by atoms with E-state index < -0.39 is 5.67 Å². The second-order valence-electron chi connectivity index (χ2n) is 4.17. The molecule has 0 saturated heterocycles. The highest BCUT2D eigenvalue weighted by Crippen LogP contribution is 2.30. The van der Waals surface area contributed by atoms with Crippen LogP contribution < -0.4 is 11.1 Å².